The Labute approximate surface area is 88.4 Å². The lowest BCUT2D eigenvalue weighted by Gasteiger charge is -2.09. The van der Waals surface area contributed by atoms with Gasteiger partial charge in [0, 0.05) is 11.1 Å². The van der Waals surface area contributed by atoms with Crippen LogP contribution in [0.25, 0.3) is 0 Å². The molecule has 0 heterocycles. The third-order valence-corrected chi connectivity index (χ3v) is 2.19. The van der Waals surface area contributed by atoms with E-state index in [0.717, 1.165) is 0 Å². The zero-order chi connectivity index (χ0) is 10.6. The van der Waals surface area contributed by atoms with Crippen LogP contribution >= 0.6 is 11.6 Å². The van der Waals surface area contributed by atoms with Gasteiger partial charge in [0.05, 0.1) is 0 Å². The first-order chi connectivity index (χ1) is 6.63. The van der Waals surface area contributed by atoms with Gasteiger partial charge in [-0.3, -0.25) is 0 Å². The van der Waals surface area contributed by atoms with Crippen molar-refractivity contribution in [2.45, 2.75) is 18.9 Å². The van der Waals surface area contributed by atoms with Crippen molar-refractivity contribution < 1.29 is 4.39 Å². The molecular weight excluding hydrogens is 201 g/mol. The van der Waals surface area contributed by atoms with Gasteiger partial charge in [-0.15, -0.1) is 6.58 Å². The lowest BCUT2D eigenvalue weighted by atomic mass is 10.0. The summed E-state index contributed by atoms with van der Waals surface area (Å²) in [5, 5.41) is 0.534. The standard InChI is InChI=1S/C11H13ClFN/c1-2-3-10(14)7-8-6-9(12)4-5-11(8)13/h2,4-6,10H,1,3,7,14H2. The Balaban J connectivity index is 2.74. The number of hydrogen-bond donors (Lipinski definition) is 1. The van der Waals surface area contributed by atoms with Crippen LogP contribution in [0.15, 0.2) is 30.9 Å². The smallest absolute Gasteiger partial charge is 0.126 e. The molecule has 1 unspecified atom stereocenters. The summed E-state index contributed by atoms with van der Waals surface area (Å²) in [5.41, 5.74) is 6.32. The summed E-state index contributed by atoms with van der Waals surface area (Å²) >= 11 is 5.75. The first-order valence-electron chi connectivity index (χ1n) is 4.44. The molecule has 0 aliphatic carbocycles. The quantitative estimate of drug-likeness (QED) is 0.765. The highest BCUT2D eigenvalue weighted by Crippen LogP contribution is 2.16. The van der Waals surface area contributed by atoms with E-state index in [1.165, 1.54) is 12.1 Å². The molecule has 0 bridgehead atoms. The van der Waals surface area contributed by atoms with Crippen LogP contribution in [0.2, 0.25) is 5.02 Å². The first kappa shape index (κ1) is 11.2. The molecule has 1 aromatic rings. The highest BCUT2D eigenvalue weighted by molar-refractivity contribution is 6.30. The second-order valence-electron chi connectivity index (χ2n) is 3.22. The molecule has 0 radical (unpaired) electrons. The summed E-state index contributed by atoms with van der Waals surface area (Å²) in [7, 11) is 0. The second kappa shape index (κ2) is 5.13. The molecule has 1 rings (SSSR count). The lowest BCUT2D eigenvalue weighted by molar-refractivity contribution is 0.587. The minimum absolute atomic E-state index is 0.0968. The maximum Gasteiger partial charge on any atom is 0.126 e. The van der Waals surface area contributed by atoms with Gasteiger partial charge in [0.1, 0.15) is 5.82 Å². The zero-order valence-electron chi connectivity index (χ0n) is 7.84. The minimum atomic E-state index is -0.256. The van der Waals surface area contributed by atoms with Gasteiger partial charge >= 0.3 is 0 Å². The van der Waals surface area contributed by atoms with Crippen LogP contribution in [0.4, 0.5) is 4.39 Å². The monoisotopic (exact) mass is 213 g/mol. The van der Waals surface area contributed by atoms with Crippen molar-refractivity contribution in [1.29, 1.82) is 0 Å². The van der Waals surface area contributed by atoms with E-state index in [1.54, 1.807) is 12.1 Å². The maximum absolute atomic E-state index is 13.2. The van der Waals surface area contributed by atoms with Crippen molar-refractivity contribution in [2.24, 2.45) is 5.73 Å². The van der Waals surface area contributed by atoms with Gasteiger partial charge in [0.15, 0.2) is 0 Å². The van der Waals surface area contributed by atoms with Gasteiger partial charge in [-0.25, -0.2) is 4.39 Å². The fourth-order valence-corrected chi connectivity index (χ4v) is 1.47. The lowest BCUT2D eigenvalue weighted by Crippen LogP contribution is -2.22. The molecule has 1 nitrogen and oxygen atoms in total. The van der Waals surface area contributed by atoms with Crippen LogP contribution in [0, 0.1) is 5.82 Å². The van der Waals surface area contributed by atoms with Gasteiger partial charge in [0.25, 0.3) is 0 Å². The first-order valence-corrected chi connectivity index (χ1v) is 4.81. The third kappa shape index (κ3) is 3.13. The molecule has 1 atom stereocenters. The van der Waals surface area contributed by atoms with E-state index >= 15 is 0 Å². The van der Waals surface area contributed by atoms with Crippen LogP contribution in [0.5, 0.6) is 0 Å². The molecule has 3 heteroatoms. The molecule has 0 spiro atoms. The average molecular weight is 214 g/mol. The van der Waals surface area contributed by atoms with Crippen LogP contribution in [-0.4, -0.2) is 6.04 Å². The van der Waals surface area contributed by atoms with Crippen molar-refractivity contribution in [3.63, 3.8) is 0 Å². The van der Waals surface area contributed by atoms with E-state index in [2.05, 4.69) is 6.58 Å². The summed E-state index contributed by atoms with van der Waals surface area (Å²) in [5.74, 6) is -0.256. The molecule has 14 heavy (non-hydrogen) atoms. The second-order valence-corrected chi connectivity index (χ2v) is 3.66. The number of halogens is 2. The zero-order valence-corrected chi connectivity index (χ0v) is 8.60. The van der Waals surface area contributed by atoms with E-state index in [1.807, 2.05) is 0 Å². The predicted molar refractivity (Wildman–Crippen MR) is 57.9 cm³/mol. The summed E-state index contributed by atoms with van der Waals surface area (Å²) in [6.07, 6.45) is 2.89. The molecule has 0 aliphatic heterocycles. The van der Waals surface area contributed by atoms with Gasteiger partial charge in [-0.2, -0.15) is 0 Å². The predicted octanol–water partition coefficient (Wildman–Crippen LogP) is 2.93. The van der Waals surface area contributed by atoms with Crippen molar-refractivity contribution in [3.8, 4) is 0 Å². The summed E-state index contributed by atoms with van der Waals surface area (Å²) < 4.78 is 13.2. The van der Waals surface area contributed by atoms with Crippen LogP contribution < -0.4 is 5.73 Å². The Morgan fingerprint density at radius 2 is 2.29 bits per heavy atom. The highest BCUT2D eigenvalue weighted by atomic mass is 35.5. The third-order valence-electron chi connectivity index (χ3n) is 1.96. The molecule has 0 saturated heterocycles. The van der Waals surface area contributed by atoms with Crippen LogP contribution in [-0.2, 0) is 6.42 Å². The van der Waals surface area contributed by atoms with Crippen molar-refractivity contribution in [1.82, 2.24) is 0 Å². The number of hydrogen-bond acceptors (Lipinski definition) is 1. The van der Waals surface area contributed by atoms with Crippen molar-refractivity contribution in [3.05, 3.63) is 47.3 Å². The van der Waals surface area contributed by atoms with E-state index in [-0.39, 0.29) is 11.9 Å². The van der Waals surface area contributed by atoms with Gasteiger partial charge in [-0.05, 0) is 36.6 Å². The largest absolute Gasteiger partial charge is 0.327 e. The molecule has 0 aromatic heterocycles. The molecule has 1 aromatic carbocycles. The molecule has 76 valence electrons. The van der Waals surface area contributed by atoms with Crippen molar-refractivity contribution in [2.75, 3.05) is 0 Å². The van der Waals surface area contributed by atoms with Gasteiger partial charge < -0.3 is 5.73 Å². The normalized spacial score (nSPS) is 12.5. The Hall–Kier alpha value is -0.860. The molecule has 0 amide bonds. The fourth-order valence-electron chi connectivity index (χ4n) is 1.28. The summed E-state index contributed by atoms with van der Waals surface area (Å²) in [6.45, 7) is 3.58. The van der Waals surface area contributed by atoms with Gasteiger partial charge in [0.2, 0.25) is 0 Å². The topological polar surface area (TPSA) is 26.0 Å². The van der Waals surface area contributed by atoms with Crippen LogP contribution in [0.3, 0.4) is 0 Å². The highest BCUT2D eigenvalue weighted by Gasteiger charge is 2.07. The van der Waals surface area contributed by atoms with Gasteiger partial charge in [-0.1, -0.05) is 17.7 Å². The summed E-state index contributed by atoms with van der Waals surface area (Å²) in [6, 6.07) is 4.40. The summed E-state index contributed by atoms with van der Waals surface area (Å²) in [4.78, 5) is 0. The van der Waals surface area contributed by atoms with E-state index in [4.69, 9.17) is 17.3 Å². The van der Waals surface area contributed by atoms with Crippen LogP contribution in [0.1, 0.15) is 12.0 Å². The SMILES string of the molecule is C=CCC(N)Cc1cc(Cl)ccc1F. The van der Waals surface area contributed by atoms with Crippen molar-refractivity contribution >= 4 is 11.6 Å². The Kier molecular flexibility index (Phi) is 4.11. The molecule has 0 saturated carbocycles. The number of benzene rings is 1. The van der Waals surface area contributed by atoms with E-state index < -0.39 is 0 Å². The molecular formula is C11H13ClFN. The fraction of sp³-hybridized carbons (Fsp3) is 0.273. The minimum Gasteiger partial charge on any atom is -0.327 e. The van der Waals surface area contributed by atoms with E-state index in [9.17, 15) is 4.39 Å². The molecule has 0 aliphatic rings. The number of rotatable bonds is 4. The number of nitrogens with two attached hydrogens (primary N) is 1. The maximum atomic E-state index is 13.2. The Bertz CT molecular complexity index is 325. The van der Waals surface area contributed by atoms with E-state index in [0.29, 0.717) is 23.4 Å². The Morgan fingerprint density at radius 3 is 2.93 bits per heavy atom. The average Bonchev–Trinajstić information content (AvgIpc) is 2.12. The molecule has 0 fully saturated rings. The Morgan fingerprint density at radius 1 is 1.57 bits per heavy atom. The molecule has 2 N–H and O–H groups in total.